The van der Waals surface area contributed by atoms with Gasteiger partial charge in [-0.05, 0) is 61.7 Å². The molecule has 0 saturated carbocycles. The van der Waals surface area contributed by atoms with E-state index in [2.05, 4.69) is 48.1 Å². The van der Waals surface area contributed by atoms with Gasteiger partial charge in [0, 0.05) is 11.6 Å². The van der Waals surface area contributed by atoms with Crippen LogP contribution in [0.4, 0.5) is 0 Å². The molecule has 1 atom stereocenters. The van der Waals surface area contributed by atoms with Gasteiger partial charge in [0.2, 0.25) is 5.91 Å². The monoisotopic (exact) mass is 470 g/mol. The van der Waals surface area contributed by atoms with Crippen LogP contribution in [0.1, 0.15) is 35.5 Å². The van der Waals surface area contributed by atoms with Gasteiger partial charge in [-0.25, -0.2) is 0 Å². The summed E-state index contributed by atoms with van der Waals surface area (Å²) in [6, 6.07) is 13.3. The molecule has 1 N–H and O–H groups in total. The lowest BCUT2D eigenvalue weighted by Crippen LogP contribution is -2.28. The molecule has 2 aromatic carbocycles. The number of thioether (sulfide) groups is 1. The number of aryl methyl sites for hydroxylation is 2. The number of amides is 1. The van der Waals surface area contributed by atoms with Gasteiger partial charge in [0.1, 0.15) is 12.4 Å². The maximum Gasteiger partial charge on any atom is 0.230 e. The Balaban J connectivity index is 1.58. The third-order valence-corrected chi connectivity index (χ3v) is 6.25. The molecule has 1 amide bonds. The number of hydrogen-bond acceptors (Lipinski definition) is 5. The first kappa shape index (κ1) is 23.9. The summed E-state index contributed by atoms with van der Waals surface area (Å²) in [6.07, 6.45) is 1.76. The average Bonchev–Trinajstić information content (AvgIpc) is 3.15. The van der Waals surface area contributed by atoms with E-state index in [1.54, 1.807) is 30.3 Å². The standard InChI is InChI=1S/C24H27ClN4O2S/c1-5-12-29-22(14-31-21-10-8-20(25)9-11-21)27-28-24(29)32-15-23(30)26-18(4)19-7-6-16(2)17(3)13-19/h5-11,13,18H,1,12,14-15H2,2-4H3,(H,26,30). The molecule has 1 unspecified atom stereocenters. The van der Waals surface area contributed by atoms with Crippen molar-refractivity contribution in [2.75, 3.05) is 5.75 Å². The lowest BCUT2D eigenvalue weighted by molar-refractivity contribution is -0.119. The smallest absolute Gasteiger partial charge is 0.230 e. The highest BCUT2D eigenvalue weighted by atomic mass is 35.5. The lowest BCUT2D eigenvalue weighted by atomic mass is 10.0. The molecular weight excluding hydrogens is 444 g/mol. The van der Waals surface area contributed by atoms with Crippen molar-refractivity contribution in [1.82, 2.24) is 20.1 Å². The Kier molecular flexibility index (Phi) is 8.36. The molecule has 1 heterocycles. The van der Waals surface area contributed by atoms with Crippen LogP contribution in [0.25, 0.3) is 0 Å². The predicted octanol–water partition coefficient (Wildman–Crippen LogP) is 5.28. The second kappa shape index (κ2) is 11.2. The molecule has 32 heavy (non-hydrogen) atoms. The fourth-order valence-corrected chi connectivity index (χ4v) is 3.96. The molecule has 3 rings (SSSR count). The van der Waals surface area contributed by atoms with Gasteiger partial charge in [-0.1, -0.05) is 47.6 Å². The summed E-state index contributed by atoms with van der Waals surface area (Å²) in [4.78, 5) is 12.5. The van der Waals surface area contributed by atoms with Crippen LogP contribution in [-0.2, 0) is 17.9 Å². The Bertz CT molecular complexity index is 1080. The van der Waals surface area contributed by atoms with Gasteiger partial charge in [-0.2, -0.15) is 0 Å². The van der Waals surface area contributed by atoms with Crippen LogP contribution in [0, 0.1) is 13.8 Å². The number of hydrogen-bond donors (Lipinski definition) is 1. The van der Waals surface area contributed by atoms with Crippen LogP contribution in [0.15, 0.2) is 60.3 Å². The number of benzene rings is 2. The van der Waals surface area contributed by atoms with Gasteiger partial charge in [0.05, 0.1) is 11.8 Å². The number of carbonyl (C=O) groups is 1. The van der Waals surface area contributed by atoms with E-state index in [-0.39, 0.29) is 24.3 Å². The maximum absolute atomic E-state index is 12.5. The number of rotatable bonds is 10. The highest BCUT2D eigenvalue weighted by Crippen LogP contribution is 2.21. The Labute approximate surface area is 198 Å². The van der Waals surface area contributed by atoms with E-state index in [1.165, 1.54) is 22.9 Å². The largest absolute Gasteiger partial charge is 0.486 e. The number of nitrogens with one attached hydrogen (secondary N) is 1. The van der Waals surface area contributed by atoms with Crippen molar-refractivity contribution in [1.29, 1.82) is 0 Å². The third kappa shape index (κ3) is 6.37. The molecule has 3 aromatic rings. The molecular formula is C24H27ClN4O2S. The van der Waals surface area contributed by atoms with Crippen molar-refractivity contribution in [3.8, 4) is 5.75 Å². The average molecular weight is 471 g/mol. The van der Waals surface area contributed by atoms with E-state index in [9.17, 15) is 4.79 Å². The normalized spacial score (nSPS) is 11.8. The SMILES string of the molecule is C=CCn1c(COc2ccc(Cl)cc2)nnc1SCC(=O)NC(C)c1ccc(C)c(C)c1. The van der Waals surface area contributed by atoms with Crippen molar-refractivity contribution in [3.63, 3.8) is 0 Å². The first-order valence-corrected chi connectivity index (χ1v) is 11.6. The topological polar surface area (TPSA) is 69.0 Å². The van der Waals surface area contributed by atoms with Gasteiger partial charge in [-0.3, -0.25) is 9.36 Å². The quantitative estimate of drug-likeness (QED) is 0.322. The molecule has 6 nitrogen and oxygen atoms in total. The maximum atomic E-state index is 12.5. The number of ether oxygens (including phenoxy) is 1. The summed E-state index contributed by atoms with van der Waals surface area (Å²) in [7, 11) is 0. The minimum Gasteiger partial charge on any atom is -0.486 e. The number of aromatic nitrogens is 3. The predicted molar refractivity (Wildman–Crippen MR) is 129 cm³/mol. The Morgan fingerprint density at radius 3 is 2.66 bits per heavy atom. The molecule has 0 bridgehead atoms. The van der Waals surface area contributed by atoms with E-state index in [4.69, 9.17) is 16.3 Å². The summed E-state index contributed by atoms with van der Waals surface area (Å²) in [5, 5.41) is 12.8. The van der Waals surface area contributed by atoms with Crippen LogP contribution < -0.4 is 10.1 Å². The Morgan fingerprint density at radius 1 is 1.22 bits per heavy atom. The van der Waals surface area contributed by atoms with E-state index in [0.717, 1.165) is 5.56 Å². The second-order valence-corrected chi connectivity index (χ2v) is 8.84. The summed E-state index contributed by atoms with van der Waals surface area (Å²) in [5.74, 6) is 1.53. The number of allylic oxidation sites excluding steroid dienone is 1. The molecule has 8 heteroatoms. The van der Waals surface area contributed by atoms with E-state index < -0.39 is 0 Å². The van der Waals surface area contributed by atoms with Crippen LogP contribution in [-0.4, -0.2) is 26.4 Å². The van der Waals surface area contributed by atoms with E-state index in [0.29, 0.717) is 28.3 Å². The zero-order valence-electron chi connectivity index (χ0n) is 18.5. The van der Waals surface area contributed by atoms with Crippen molar-refractivity contribution in [2.45, 2.75) is 45.1 Å². The van der Waals surface area contributed by atoms with Crippen molar-refractivity contribution >= 4 is 29.3 Å². The molecule has 0 aliphatic rings. The van der Waals surface area contributed by atoms with Crippen molar-refractivity contribution < 1.29 is 9.53 Å². The van der Waals surface area contributed by atoms with Crippen LogP contribution >= 0.6 is 23.4 Å². The molecule has 0 spiro atoms. The molecule has 0 fully saturated rings. The molecule has 0 aliphatic carbocycles. The van der Waals surface area contributed by atoms with Crippen LogP contribution in [0.2, 0.25) is 5.02 Å². The molecule has 1 aromatic heterocycles. The van der Waals surface area contributed by atoms with Gasteiger partial charge in [-0.15, -0.1) is 16.8 Å². The second-order valence-electron chi connectivity index (χ2n) is 7.46. The summed E-state index contributed by atoms with van der Waals surface area (Å²) in [6.45, 7) is 10.7. The first-order valence-electron chi connectivity index (χ1n) is 10.3. The summed E-state index contributed by atoms with van der Waals surface area (Å²) < 4.78 is 7.68. The lowest BCUT2D eigenvalue weighted by Gasteiger charge is -2.15. The zero-order valence-corrected chi connectivity index (χ0v) is 20.0. The summed E-state index contributed by atoms with van der Waals surface area (Å²) >= 11 is 7.25. The van der Waals surface area contributed by atoms with Gasteiger partial charge < -0.3 is 10.1 Å². The Hall–Kier alpha value is -2.77. The molecule has 0 saturated heterocycles. The van der Waals surface area contributed by atoms with Gasteiger partial charge in [0.15, 0.2) is 11.0 Å². The van der Waals surface area contributed by atoms with Crippen LogP contribution in [0.5, 0.6) is 5.75 Å². The molecule has 0 aliphatic heterocycles. The molecule has 168 valence electrons. The summed E-state index contributed by atoms with van der Waals surface area (Å²) in [5.41, 5.74) is 3.53. The fraction of sp³-hybridized carbons (Fsp3) is 0.292. The molecule has 0 radical (unpaired) electrons. The van der Waals surface area contributed by atoms with Crippen LogP contribution in [0.3, 0.4) is 0 Å². The number of nitrogens with zero attached hydrogens (tertiary/aromatic N) is 3. The Morgan fingerprint density at radius 2 is 1.97 bits per heavy atom. The minimum atomic E-state index is -0.0724. The number of halogens is 1. The van der Waals surface area contributed by atoms with Gasteiger partial charge >= 0.3 is 0 Å². The minimum absolute atomic E-state index is 0.0622. The highest BCUT2D eigenvalue weighted by Gasteiger charge is 2.16. The van der Waals surface area contributed by atoms with Crippen molar-refractivity contribution in [2.24, 2.45) is 0 Å². The van der Waals surface area contributed by atoms with Gasteiger partial charge in [0.25, 0.3) is 0 Å². The third-order valence-electron chi connectivity index (χ3n) is 5.03. The van der Waals surface area contributed by atoms with E-state index in [1.807, 2.05) is 17.6 Å². The van der Waals surface area contributed by atoms with Crippen molar-refractivity contribution in [3.05, 3.63) is 82.7 Å². The highest BCUT2D eigenvalue weighted by molar-refractivity contribution is 7.99. The first-order chi connectivity index (χ1) is 15.4. The fourth-order valence-electron chi connectivity index (χ4n) is 3.05. The zero-order chi connectivity index (χ0) is 23.1. The number of carbonyl (C=O) groups excluding carboxylic acids is 1. The van der Waals surface area contributed by atoms with E-state index >= 15 is 0 Å².